The van der Waals surface area contributed by atoms with Gasteiger partial charge in [0.25, 0.3) is 0 Å². The van der Waals surface area contributed by atoms with Crippen LogP contribution in [0.4, 0.5) is 0 Å². The fourth-order valence-corrected chi connectivity index (χ4v) is 3.50. The van der Waals surface area contributed by atoms with Gasteiger partial charge in [0, 0.05) is 12.8 Å². The van der Waals surface area contributed by atoms with Crippen LogP contribution in [0, 0.1) is 17.2 Å². The van der Waals surface area contributed by atoms with Gasteiger partial charge in [0.1, 0.15) is 5.60 Å². The highest BCUT2D eigenvalue weighted by Crippen LogP contribution is 2.33. The smallest absolute Gasteiger partial charge is 0.185 e. The lowest BCUT2D eigenvalue weighted by Crippen LogP contribution is -2.49. The van der Waals surface area contributed by atoms with E-state index in [2.05, 4.69) is 39.6 Å². The molecule has 16 heavy (non-hydrogen) atoms. The van der Waals surface area contributed by atoms with E-state index in [-0.39, 0.29) is 6.10 Å². The lowest BCUT2D eigenvalue weighted by atomic mass is 9.87. The van der Waals surface area contributed by atoms with E-state index >= 15 is 0 Å². The van der Waals surface area contributed by atoms with Gasteiger partial charge in [-0.2, -0.15) is 5.26 Å². The monoisotopic (exact) mass is 241 g/mol. The number of nitriles is 1. The van der Waals surface area contributed by atoms with Crippen LogP contribution >= 0.6 is 0 Å². The first kappa shape index (κ1) is 13.7. The molecule has 2 unspecified atom stereocenters. The zero-order valence-electron chi connectivity index (χ0n) is 11.0. The van der Waals surface area contributed by atoms with Crippen molar-refractivity contribution in [3.63, 3.8) is 0 Å². The topological polar surface area (TPSA) is 42.2 Å². The number of rotatable bonds is 3. The first-order valence-corrected chi connectivity index (χ1v) is 9.42. The van der Waals surface area contributed by atoms with E-state index in [4.69, 9.17) is 9.16 Å². The van der Waals surface area contributed by atoms with Crippen LogP contribution in [0.15, 0.2) is 0 Å². The maximum atomic E-state index is 9.40. The molecule has 1 aliphatic rings. The quantitative estimate of drug-likeness (QED) is 0.713. The van der Waals surface area contributed by atoms with E-state index in [1.807, 2.05) is 0 Å². The molecule has 1 aliphatic heterocycles. The van der Waals surface area contributed by atoms with E-state index in [9.17, 15) is 5.26 Å². The minimum atomic E-state index is -1.68. The maximum Gasteiger partial charge on any atom is 0.185 e. The number of ether oxygens (including phenoxy) is 1. The van der Waals surface area contributed by atoms with Crippen LogP contribution in [0.3, 0.4) is 0 Å². The molecule has 0 radical (unpaired) electrons. The van der Waals surface area contributed by atoms with Gasteiger partial charge in [-0.15, -0.1) is 0 Å². The molecule has 0 saturated carbocycles. The number of nitrogens with zero attached hydrogens (tertiary/aromatic N) is 1. The summed E-state index contributed by atoms with van der Waals surface area (Å²) >= 11 is 0. The summed E-state index contributed by atoms with van der Waals surface area (Å²) < 4.78 is 11.8. The second kappa shape index (κ2) is 4.87. The van der Waals surface area contributed by atoms with Crippen molar-refractivity contribution in [2.75, 3.05) is 6.61 Å². The molecule has 0 aromatic heterocycles. The van der Waals surface area contributed by atoms with Crippen LogP contribution in [-0.4, -0.2) is 26.6 Å². The second-order valence-corrected chi connectivity index (χ2v) is 10.4. The van der Waals surface area contributed by atoms with Crippen molar-refractivity contribution in [3.05, 3.63) is 0 Å². The van der Waals surface area contributed by atoms with Gasteiger partial charge in [0.2, 0.25) is 0 Å². The van der Waals surface area contributed by atoms with Gasteiger partial charge < -0.3 is 9.16 Å². The largest absolute Gasteiger partial charge is 0.400 e. The van der Waals surface area contributed by atoms with Gasteiger partial charge in [0.15, 0.2) is 8.32 Å². The first-order valence-electron chi connectivity index (χ1n) is 6.01. The van der Waals surface area contributed by atoms with Gasteiger partial charge in [-0.05, 0) is 25.6 Å². The summed E-state index contributed by atoms with van der Waals surface area (Å²) in [6, 6.07) is 2.39. The van der Waals surface area contributed by atoms with Crippen LogP contribution in [-0.2, 0) is 9.16 Å². The minimum Gasteiger partial charge on any atom is -0.400 e. The molecular weight excluding hydrogens is 218 g/mol. The maximum absolute atomic E-state index is 9.40. The van der Waals surface area contributed by atoms with Gasteiger partial charge in [-0.25, -0.2) is 0 Å². The van der Waals surface area contributed by atoms with Crippen molar-refractivity contribution in [2.24, 2.45) is 5.92 Å². The van der Waals surface area contributed by atoms with Crippen molar-refractivity contribution < 1.29 is 9.16 Å². The van der Waals surface area contributed by atoms with Crippen molar-refractivity contribution in [1.82, 2.24) is 0 Å². The van der Waals surface area contributed by atoms with Crippen molar-refractivity contribution >= 4 is 8.32 Å². The van der Waals surface area contributed by atoms with E-state index in [0.29, 0.717) is 25.4 Å². The Kier molecular flexibility index (Phi) is 4.16. The predicted octanol–water partition coefficient (Wildman–Crippen LogP) is 2.94. The molecule has 2 atom stereocenters. The summed E-state index contributed by atoms with van der Waals surface area (Å²) in [4.78, 5) is 0. The lowest BCUT2D eigenvalue weighted by Gasteiger charge is -2.40. The van der Waals surface area contributed by atoms with E-state index in [1.54, 1.807) is 0 Å². The molecule has 1 heterocycles. The molecule has 0 aliphatic carbocycles. The highest BCUT2D eigenvalue weighted by Gasteiger charge is 2.42. The van der Waals surface area contributed by atoms with Crippen LogP contribution in [0.1, 0.15) is 26.7 Å². The van der Waals surface area contributed by atoms with Gasteiger partial charge in [0.05, 0.1) is 18.8 Å². The van der Waals surface area contributed by atoms with Crippen molar-refractivity contribution in [1.29, 1.82) is 5.26 Å². The highest BCUT2D eigenvalue weighted by atomic mass is 28.4. The Bertz CT molecular complexity index is 280. The third-order valence-corrected chi connectivity index (χ3v) is 3.82. The first-order chi connectivity index (χ1) is 7.28. The van der Waals surface area contributed by atoms with E-state index < -0.39 is 13.9 Å². The van der Waals surface area contributed by atoms with Crippen LogP contribution in [0.25, 0.3) is 0 Å². The van der Waals surface area contributed by atoms with Gasteiger partial charge in [-0.3, -0.25) is 0 Å². The Labute approximate surface area is 99.9 Å². The molecule has 1 fully saturated rings. The average molecular weight is 241 g/mol. The fraction of sp³-hybridized carbons (Fsp3) is 0.917. The van der Waals surface area contributed by atoms with Crippen LogP contribution in [0.2, 0.25) is 19.6 Å². The SMILES string of the molecule is CC(C)C1CC(C#N)(O[Si](C)(C)C)CCO1. The summed E-state index contributed by atoms with van der Waals surface area (Å²) in [6.45, 7) is 11.3. The third-order valence-electron chi connectivity index (χ3n) is 2.82. The molecule has 0 aromatic rings. The minimum absolute atomic E-state index is 0.157. The summed E-state index contributed by atoms with van der Waals surface area (Å²) in [5.74, 6) is 0.443. The summed E-state index contributed by atoms with van der Waals surface area (Å²) in [5, 5.41) is 9.40. The Morgan fingerprint density at radius 3 is 2.50 bits per heavy atom. The van der Waals surface area contributed by atoms with E-state index in [0.717, 1.165) is 0 Å². The number of hydrogen-bond acceptors (Lipinski definition) is 3. The standard InChI is InChI=1S/C12H23NO2Si/c1-10(2)11-8-12(9-13,6-7-14-11)15-16(3,4)5/h10-11H,6-8H2,1-5H3. The molecule has 0 N–H and O–H groups in total. The number of hydrogen-bond donors (Lipinski definition) is 0. The summed E-state index contributed by atoms with van der Waals surface area (Å²) in [5.41, 5.74) is -0.600. The van der Waals surface area contributed by atoms with Crippen molar-refractivity contribution in [2.45, 2.75) is 58.0 Å². The third kappa shape index (κ3) is 3.58. The Hall–Kier alpha value is -0.373. The molecule has 0 spiro atoms. The summed E-state index contributed by atoms with van der Waals surface area (Å²) in [7, 11) is -1.68. The molecule has 1 saturated heterocycles. The Morgan fingerprint density at radius 2 is 2.06 bits per heavy atom. The lowest BCUT2D eigenvalue weighted by molar-refractivity contribution is -0.0839. The Balaban J connectivity index is 2.77. The highest BCUT2D eigenvalue weighted by molar-refractivity contribution is 6.69. The average Bonchev–Trinajstić information content (AvgIpc) is 2.15. The fourth-order valence-electron chi connectivity index (χ4n) is 2.09. The zero-order chi connectivity index (χ0) is 12.4. The molecular formula is C12H23NO2Si. The zero-order valence-corrected chi connectivity index (χ0v) is 12.0. The van der Waals surface area contributed by atoms with Crippen LogP contribution < -0.4 is 0 Å². The molecule has 92 valence electrons. The Morgan fingerprint density at radius 1 is 1.44 bits per heavy atom. The van der Waals surface area contributed by atoms with Gasteiger partial charge >= 0.3 is 0 Å². The molecule has 1 rings (SSSR count). The van der Waals surface area contributed by atoms with Crippen LogP contribution in [0.5, 0.6) is 0 Å². The van der Waals surface area contributed by atoms with Crippen molar-refractivity contribution in [3.8, 4) is 6.07 Å². The molecule has 3 nitrogen and oxygen atoms in total. The van der Waals surface area contributed by atoms with E-state index in [1.165, 1.54) is 0 Å². The molecule has 0 bridgehead atoms. The van der Waals surface area contributed by atoms with Gasteiger partial charge in [-0.1, -0.05) is 13.8 Å². The second-order valence-electron chi connectivity index (χ2n) is 5.93. The normalized spacial score (nSPS) is 31.4. The summed E-state index contributed by atoms with van der Waals surface area (Å²) in [6.07, 6.45) is 1.58. The molecule has 0 amide bonds. The predicted molar refractivity (Wildman–Crippen MR) is 66.6 cm³/mol. The molecule has 4 heteroatoms. The molecule has 0 aromatic carbocycles.